The molecule has 0 spiro atoms. The zero-order valence-corrected chi connectivity index (χ0v) is 12.4. The van der Waals surface area contributed by atoms with E-state index in [1.807, 2.05) is 6.92 Å². The van der Waals surface area contributed by atoms with Gasteiger partial charge in [0, 0.05) is 24.1 Å². The molecule has 1 aliphatic carbocycles. The molecule has 0 amide bonds. The van der Waals surface area contributed by atoms with Crippen molar-refractivity contribution < 1.29 is 0 Å². The normalized spacial score (nSPS) is 14.8. The average molecular weight is 263 g/mol. The van der Waals surface area contributed by atoms with Crippen molar-refractivity contribution in [2.45, 2.75) is 58.9 Å². The van der Waals surface area contributed by atoms with Crippen LogP contribution in [-0.2, 0) is 0 Å². The standard InChI is InChI=1S/C14H25N5/c1-5-8-19(11-6-7-11)14-10(4)13(18-15)16-12(17-14)9(2)3/h9,11H,5-8,15H2,1-4H3,(H,16,17,18). The highest BCUT2D eigenvalue weighted by Crippen LogP contribution is 2.34. The molecule has 5 nitrogen and oxygen atoms in total. The van der Waals surface area contributed by atoms with Crippen LogP contribution in [0.15, 0.2) is 0 Å². The van der Waals surface area contributed by atoms with Gasteiger partial charge in [0.05, 0.1) is 0 Å². The average Bonchev–Trinajstić information content (AvgIpc) is 3.20. The SMILES string of the molecule is CCCN(c1nc(C(C)C)nc(NN)c1C)C1CC1. The van der Waals surface area contributed by atoms with E-state index in [1.54, 1.807) is 0 Å². The van der Waals surface area contributed by atoms with Crippen LogP contribution < -0.4 is 16.2 Å². The van der Waals surface area contributed by atoms with Crippen LogP contribution >= 0.6 is 0 Å². The minimum Gasteiger partial charge on any atom is -0.353 e. The predicted molar refractivity (Wildman–Crippen MR) is 79.3 cm³/mol. The lowest BCUT2D eigenvalue weighted by Gasteiger charge is -2.26. The van der Waals surface area contributed by atoms with Gasteiger partial charge in [-0.25, -0.2) is 15.8 Å². The highest BCUT2D eigenvalue weighted by molar-refractivity contribution is 5.59. The molecular formula is C14H25N5. The van der Waals surface area contributed by atoms with Crippen LogP contribution in [0.1, 0.15) is 57.3 Å². The summed E-state index contributed by atoms with van der Waals surface area (Å²) in [6.07, 6.45) is 3.67. The van der Waals surface area contributed by atoms with Crippen LogP contribution in [0, 0.1) is 6.92 Å². The van der Waals surface area contributed by atoms with Gasteiger partial charge in [-0.15, -0.1) is 0 Å². The second kappa shape index (κ2) is 5.74. The maximum Gasteiger partial charge on any atom is 0.148 e. The molecule has 1 heterocycles. The molecule has 1 aliphatic rings. The van der Waals surface area contributed by atoms with Gasteiger partial charge < -0.3 is 10.3 Å². The zero-order valence-electron chi connectivity index (χ0n) is 12.4. The van der Waals surface area contributed by atoms with E-state index in [0.717, 1.165) is 36.0 Å². The Kier molecular flexibility index (Phi) is 4.24. The molecule has 0 aliphatic heterocycles. The smallest absolute Gasteiger partial charge is 0.148 e. The minimum atomic E-state index is 0.300. The first-order valence-electron chi connectivity index (χ1n) is 7.20. The lowest BCUT2D eigenvalue weighted by atomic mass is 10.2. The molecule has 0 radical (unpaired) electrons. The van der Waals surface area contributed by atoms with E-state index >= 15 is 0 Å². The Morgan fingerprint density at radius 3 is 2.53 bits per heavy atom. The summed E-state index contributed by atoms with van der Waals surface area (Å²) >= 11 is 0. The predicted octanol–water partition coefficient (Wildman–Crippen LogP) is 2.57. The van der Waals surface area contributed by atoms with E-state index in [1.165, 1.54) is 12.8 Å². The molecule has 0 bridgehead atoms. The summed E-state index contributed by atoms with van der Waals surface area (Å²) in [5, 5.41) is 0. The van der Waals surface area contributed by atoms with Crippen molar-refractivity contribution in [3.05, 3.63) is 11.4 Å². The number of nitrogens with one attached hydrogen (secondary N) is 1. The Hall–Kier alpha value is -1.36. The molecule has 1 aromatic heterocycles. The summed E-state index contributed by atoms with van der Waals surface area (Å²) in [6, 6.07) is 0.652. The number of nitrogens with two attached hydrogens (primary N) is 1. The van der Waals surface area contributed by atoms with E-state index in [9.17, 15) is 0 Å². The van der Waals surface area contributed by atoms with Gasteiger partial charge in [-0.2, -0.15) is 0 Å². The summed E-state index contributed by atoms with van der Waals surface area (Å²) in [6.45, 7) is 9.51. The third-order valence-corrected chi connectivity index (χ3v) is 3.51. The van der Waals surface area contributed by atoms with Gasteiger partial charge in [0.2, 0.25) is 0 Å². The summed E-state index contributed by atoms with van der Waals surface area (Å²) in [5.74, 6) is 8.55. The van der Waals surface area contributed by atoms with Gasteiger partial charge >= 0.3 is 0 Å². The molecule has 1 aromatic rings. The van der Waals surface area contributed by atoms with Crippen LogP contribution in [0.5, 0.6) is 0 Å². The lowest BCUT2D eigenvalue weighted by Crippen LogP contribution is -2.29. The number of hydrazine groups is 1. The fourth-order valence-electron chi connectivity index (χ4n) is 2.29. The Bertz CT molecular complexity index is 440. The molecule has 0 atom stereocenters. The third kappa shape index (κ3) is 2.97. The van der Waals surface area contributed by atoms with E-state index in [-0.39, 0.29) is 0 Å². The fourth-order valence-corrected chi connectivity index (χ4v) is 2.29. The van der Waals surface area contributed by atoms with Crippen LogP contribution in [0.3, 0.4) is 0 Å². The molecule has 0 unspecified atom stereocenters. The Balaban J connectivity index is 2.43. The highest BCUT2D eigenvalue weighted by Gasteiger charge is 2.31. The van der Waals surface area contributed by atoms with Crippen molar-refractivity contribution in [2.24, 2.45) is 5.84 Å². The second-order valence-electron chi connectivity index (χ2n) is 5.60. The zero-order chi connectivity index (χ0) is 14.0. The number of hydrogen-bond donors (Lipinski definition) is 2. The quantitative estimate of drug-likeness (QED) is 0.610. The molecule has 0 aromatic carbocycles. The highest BCUT2D eigenvalue weighted by atomic mass is 15.3. The number of rotatable bonds is 6. The number of nitrogen functional groups attached to an aromatic ring is 1. The molecule has 0 saturated heterocycles. The van der Waals surface area contributed by atoms with Crippen molar-refractivity contribution >= 4 is 11.6 Å². The van der Waals surface area contributed by atoms with E-state index in [4.69, 9.17) is 10.8 Å². The van der Waals surface area contributed by atoms with Gasteiger partial charge in [0.15, 0.2) is 0 Å². The number of anilines is 2. The Morgan fingerprint density at radius 2 is 2.05 bits per heavy atom. The molecule has 19 heavy (non-hydrogen) atoms. The first-order valence-corrected chi connectivity index (χ1v) is 7.20. The van der Waals surface area contributed by atoms with Crippen molar-refractivity contribution in [3.8, 4) is 0 Å². The molecule has 3 N–H and O–H groups in total. The number of aromatic nitrogens is 2. The fraction of sp³-hybridized carbons (Fsp3) is 0.714. The second-order valence-corrected chi connectivity index (χ2v) is 5.60. The monoisotopic (exact) mass is 263 g/mol. The van der Waals surface area contributed by atoms with Crippen LogP contribution in [-0.4, -0.2) is 22.6 Å². The van der Waals surface area contributed by atoms with Gasteiger partial charge in [-0.3, -0.25) is 0 Å². The first-order chi connectivity index (χ1) is 9.08. The van der Waals surface area contributed by atoms with Crippen molar-refractivity contribution in [3.63, 3.8) is 0 Å². The number of hydrogen-bond acceptors (Lipinski definition) is 5. The van der Waals surface area contributed by atoms with Gasteiger partial charge in [0.25, 0.3) is 0 Å². The van der Waals surface area contributed by atoms with Gasteiger partial charge in [-0.1, -0.05) is 20.8 Å². The van der Waals surface area contributed by atoms with Crippen LogP contribution in [0.4, 0.5) is 11.6 Å². The molecule has 106 valence electrons. The Morgan fingerprint density at radius 1 is 1.37 bits per heavy atom. The molecule has 1 fully saturated rings. The first kappa shape index (κ1) is 14.1. The largest absolute Gasteiger partial charge is 0.353 e. The van der Waals surface area contributed by atoms with Crippen molar-refractivity contribution in [1.29, 1.82) is 0 Å². The summed E-state index contributed by atoms with van der Waals surface area (Å²) in [5.41, 5.74) is 3.76. The molecule has 2 rings (SSSR count). The Labute approximate surface area is 115 Å². The van der Waals surface area contributed by atoms with Crippen molar-refractivity contribution in [1.82, 2.24) is 9.97 Å². The lowest BCUT2D eigenvalue weighted by molar-refractivity contribution is 0.718. The summed E-state index contributed by atoms with van der Waals surface area (Å²) < 4.78 is 0. The molecular weight excluding hydrogens is 238 g/mol. The van der Waals surface area contributed by atoms with Crippen LogP contribution in [0.25, 0.3) is 0 Å². The number of nitrogens with zero attached hydrogens (tertiary/aromatic N) is 3. The van der Waals surface area contributed by atoms with E-state index in [2.05, 4.69) is 36.1 Å². The van der Waals surface area contributed by atoms with E-state index in [0.29, 0.717) is 12.0 Å². The van der Waals surface area contributed by atoms with Gasteiger partial charge in [0.1, 0.15) is 17.5 Å². The van der Waals surface area contributed by atoms with E-state index < -0.39 is 0 Å². The maximum atomic E-state index is 5.60. The molecule has 5 heteroatoms. The minimum absolute atomic E-state index is 0.300. The molecule has 1 saturated carbocycles. The van der Waals surface area contributed by atoms with Crippen molar-refractivity contribution in [2.75, 3.05) is 16.9 Å². The van der Waals surface area contributed by atoms with Crippen LogP contribution in [0.2, 0.25) is 0 Å². The summed E-state index contributed by atoms with van der Waals surface area (Å²) in [7, 11) is 0. The summed E-state index contributed by atoms with van der Waals surface area (Å²) in [4.78, 5) is 11.7. The topological polar surface area (TPSA) is 67.1 Å². The third-order valence-electron chi connectivity index (χ3n) is 3.51. The maximum absolute atomic E-state index is 5.60. The van der Waals surface area contributed by atoms with Gasteiger partial charge in [-0.05, 0) is 26.2 Å².